The number of methoxy groups -OCH3 is 1. The minimum atomic E-state index is -0.579. The summed E-state index contributed by atoms with van der Waals surface area (Å²) in [5, 5.41) is 2.94. The molecule has 0 spiro atoms. The molecule has 4 rings (SSSR count). The number of amides is 2. The molecule has 0 saturated carbocycles. The summed E-state index contributed by atoms with van der Waals surface area (Å²) in [5.74, 6) is 0.306. The van der Waals surface area contributed by atoms with Crippen LogP contribution in [0.5, 0.6) is 5.75 Å². The number of ether oxygens (including phenoxy) is 1. The summed E-state index contributed by atoms with van der Waals surface area (Å²) in [6, 6.07) is 25.6. The van der Waals surface area contributed by atoms with Crippen LogP contribution in [0.3, 0.4) is 0 Å². The molecule has 39 heavy (non-hydrogen) atoms. The van der Waals surface area contributed by atoms with E-state index >= 15 is 0 Å². The van der Waals surface area contributed by atoms with Gasteiger partial charge < -0.3 is 20.7 Å². The maximum atomic E-state index is 13.6. The first-order chi connectivity index (χ1) is 19.0. The van der Waals surface area contributed by atoms with Crippen LogP contribution < -0.4 is 15.8 Å². The van der Waals surface area contributed by atoms with Crippen molar-refractivity contribution in [3.63, 3.8) is 0 Å². The SMILES string of the molecule is COc1cccc(C(=O)N2CCC(N(CCc3ccccc3)Cc3ccccc3C)C[C@@H]2C(=O)NCCN)c1. The van der Waals surface area contributed by atoms with Gasteiger partial charge in [-0.25, -0.2) is 0 Å². The molecule has 2 amide bonds. The molecule has 3 aromatic carbocycles. The number of likely N-dealkylation sites (tertiary alicyclic amines) is 1. The number of aryl methyl sites for hydroxylation is 1. The summed E-state index contributed by atoms with van der Waals surface area (Å²) in [6.07, 6.45) is 2.27. The Balaban J connectivity index is 1.58. The second-order valence-electron chi connectivity index (χ2n) is 10.1. The van der Waals surface area contributed by atoms with Gasteiger partial charge >= 0.3 is 0 Å². The molecule has 206 valence electrons. The number of nitrogens with one attached hydrogen (secondary N) is 1. The van der Waals surface area contributed by atoms with Gasteiger partial charge in [-0.2, -0.15) is 0 Å². The first-order valence-corrected chi connectivity index (χ1v) is 13.8. The summed E-state index contributed by atoms with van der Waals surface area (Å²) in [6.45, 7) is 5.03. The number of hydrogen-bond donors (Lipinski definition) is 2. The molecule has 7 heteroatoms. The molecular formula is C32H40N4O3. The van der Waals surface area contributed by atoms with Crippen molar-refractivity contribution in [3.8, 4) is 5.75 Å². The van der Waals surface area contributed by atoms with Gasteiger partial charge in [-0.1, -0.05) is 60.7 Å². The van der Waals surface area contributed by atoms with Gasteiger partial charge in [0.05, 0.1) is 7.11 Å². The standard InChI is InChI=1S/C32H40N4O3/c1-24-9-6-7-12-27(24)23-35(19-15-25-10-4-3-5-11-25)28-16-20-36(30(22-28)31(37)34-18-17-33)32(38)26-13-8-14-29(21-26)39-2/h3-14,21,28,30H,15-20,22-23,33H2,1-2H3,(H,34,37)/t28?,30-/m1/s1. The van der Waals surface area contributed by atoms with Crippen molar-refractivity contribution in [1.82, 2.24) is 15.1 Å². The fraction of sp³-hybridized carbons (Fsp3) is 0.375. The summed E-state index contributed by atoms with van der Waals surface area (Å²) in [7, 11) is 1.58. The minimum absolute atomic E-state index is 0.149. The Labute approximate surface area is 231 Å². The lowest BCUT2D eigenvalue weighted by Gasteiger charge is -2.43. The van der Waals surface area contributed by atoms with Crippen LogP contribution in [0.4, 0.5) is 0 Å². The number of benzene rings is 3. The molecule has 1 heterocycles. The average Bonchev–Trinajstić information content (AvgIpc) is 2.98. The van der Waals surface area contributed by atoms with Crippen molar-refractivity contribution < 1.29 is 14.3 Å². The minimum Gasteiger partial charge on any atom is -0.497 e. The number of piperidine rings is 1. The van der Waals surface area contributed by atoms with E-state index in [1.54, 1.807) is 30.2 Å². The molecule has 1 aliphatic rings. The van der Waals surface area contributed by atoms with Gasteiger partial charge in [0.1, 0.15) is 11.8 Å². The Kier molecular flexibility index (Phi) is 10.1. The molecule has 0 bridgehead atoms. The fourth-order valence-electron chi connectivity index (χ4n) is 5.32. The van der Waals surface area contributed by atoms with Gasteiger partial charge in [-0.3, -0.25) is 14.5 Å². The maximum Gasteiger partial charge on any atom is 0.254 e. The largest absolute Gasteiger partial charge is 0.497 e. The Morgan fingerprint density at radius 2 is 1.82 bits per heavy atom. The lowest BCUT2D eigenvalue weighted by molar-refractivity contribution is -0.127. The molecule has 0 aromatic heterocycles. The second-order valence-corrected chi connectivity index (χ2v) is 10.1. The third kappa shape index (κ3) is 7.46. The lowest BCUT2D eigenvalue weighted by atomic mass is 9.93. The molecule has 0 aliphatic carbocycles. The van der Waals surface area contributed by atoms with Crippen molar-refractivity contribution in [2.24, 2.45) is 5.73 Å². The van der Waals surface area contributed by atoms with Crippen LogP contribution in [0.2, 0.25) is 0 Å². The van der Waals surface area contributed by atoms with Gasteiger partial charge in [0.25, 0.3) is 5.91 Å². The van der Waals surface area contributed by atoms with E-state index in [1.807, 2.05) is 12.1 Å². The number of hydrogen-bond acceptors (Lipinski definition) is 5. The highest BCUT2D eigenvalue weighted by molar-refractivity contribution is 5.98. The molecule has 7 nitrogen and oxygen atoms in total. The Hall–Kier alpha value is -3.68. The molecule has 1 unspecified atom stereocenters. The number of carbonyl (C=O) groups is 2. The number of nitrogens with zero attached hydrogens (tertiary/aromatic N) is 2. The monoisotopic (exact) mass is 528 g/mol. The van der Waals surface area contributed by atoms with Gasteiger partial charge in [0.15, 0.2) is 0 Å². The topological polar surface area (TPSA) is 87.9 Å². The zero-order valence-corrected chi connectivity index (χ0v) is 23.0. The van der Waals surface area contributed by atoms with Crippen molar-refractivity contribution in [2.75, 3.05) is 33.3 Å². The summed E-state index contributed by atoms with van der Waals surface area (Å²) >= 11 is 0. The van der Waals surface area contributed by atoms with Gasteiger partial charge in [-0.15, -0.1) is 0 Å². The van der Waals surface area contributed by atoms with Crippen LogP contribution in [-0.4, -0.2) is 67.0 Å². The predicted molar refractivity (Wildman–Crippen MR) is 155 cm³/mol. The van der Waals surface area contributed by atoms with Crippen LogP contribution in [0.25, 0.3) is 0 Å². The van der Waals surface area contributed by atoms with Gasteiger partial charge in [-0.05, 0) is 61.1 Å². The first kappa shape index (κ1) is 28.3. The van der Waals surface area contributed by atoms with Crippen LogP contribution >= 0.6 is 0 Å². The second kappa shape index (κ2) is 13.9. The molecular weight excluding hydrogens is 488 g/mol. The highest BCUT2D eigenvalue weighted by Gasteiger charge is 2.38. The van der Waals surface area contributed by atoms with Crippen LogP contribution in [-0.2, 0) is 17.8 Å². The first-order valence-electron chi connectivity index (χ1n) is 13.8. The quantitative estimate of drug-likeness (QED) is 0.395. The van der Waals surface area contributed by atoms with E-state index in [2.05, 4.69) is 65.7 Å². The van der Waals surface area contributed by atoms with Crippen molar-refractivity contribution in [2.45, 2.75) is 44.8 Å². The van der Waals surface area contributed by atoms with E-state index < -0.39 is 6.04 Å². The number of nitrogens with two attached hydrogens (primary N) is 1. The summed E-state index contributed by atoms with van der Waals surface area (Å²) in [5.41, 5.74) is 10.0. The van der Waals surface area contributed by atoms with E-state index in [9.17, 15) is 9.59 Å². The molecule has 1 fully saturated rings. The average molecular weight is 529 g/mol. The zero-order valence-electron chi connectivity index (χ0n) is 23.0. The Morgan fingerprint density at radius 1 is 1.05 bits per heavy atom. The molecule has 3 aromatic rings. The van der Waals surface area contributed by atoms with E-state index in [0.717, 1.165) is 25.9 Å². The van der Waals surface area contributed by atoms with E-state index in [0.29, 0.717) is 37.4 Å². The van der Waals surface area contributed by atoms with Gasteiger partial charge in [0, 0.05) is 44.3 Å². The van der Waals surface area contributed by atoms with Crippen molar-refractivity contribution in [3.05, 3.63) is 101 Å². The highest BCUT2D eigenvalue weighted by Crippen LogP contribution is 2.27. The van der Waals surface area contributed by atoms with Crippen molar-refractivity contribution >= 4 is 11.8 Å². The summed E-state index contributed by atoms with van der Waals surface area (Å²) < 4.78 is 5.33. The molecule has 1 saturated heterocycles. The third-order valence-electron chi connectivity index (χ3n) is 7.58. The molecule has 0 radical (unpaired) electrons. The van der Waals surface area contributed by atoms with E-state index in [-0.39, 0.29) is 17.9 Å². The molecule has 3 N–H and O–H groups in total. The van der Waals surface area contributed by atoms with Crippen LogP contribution in [0.15, 0.2) is 78.9 Å². The van der Waals surface area contributed by atoms with Crippen LogP contribution in [0.1, 0.15) is 39.9 Å². The van der Waals surface area contributed by atoms with Gasteiger partial charge in [0.2, 0.25) is 5.91 Å². The molecule has 2 atom stereocenters. The highest BCUT2D eigenvalue weighted by atomic mass is 16.5. The number of carbonyl (C=O) groups excluding carboxylic acids is 2. The van der Waals surface area contributed by atoms with E-state index in [1.165, 1.54) is 16.7 Å². The zero-order chi connectivity index (χ0) is 27.6. The fourth-order valence-corrected chi connectivity index (χ4v) is 5.32. The molecule has 1 aliphatic heterocycles. The Bertz CT molecular complexity index is 1230. The predicted octanol–water partition coefficient (Wildman–Crippen LogP) is 3.80. The van der Waals surface area contributed by atoms with Crippen molar-refractivity contribution in [1.29, 1.82) is 0 Å². The van der Waals surface area contributed by atoms with Crippen LogP contribution in [0, 0.1) is 6.92 Å². The number of rotatable bonds is 11. The summed E-state index contributed by atoms with van der Waals surface area (Å²) in [4.78, 5) is 31.2. The normalized spacial score (nSPS) is 17.2. The Morgan fingerprint density at radius 3 is 2.56 bits per heavy atom. The third-order valence-corrected chi connectivity index (χ3v) is 7.58. The smallest absolute Gasteiger partial charge is 0.254 e. The lowest BCUT2D eigenvalue weighted by Crippen LogP contribution is -2.57. The van der Waals surface area contributed by atoms with E-state index in [4.69, 9.17) is 10.5 Å². The maximum absolute atomic E-state index is 13.6.